The van der Waals surface area contributed by atoms with E-state index in [9.17, 15) is 18.7 Å². The zero-order valence-electron chi connectivity index (χ0n) is 21.2. The minimum atomic E-state index is -1.70. The van der Waals surface area contributed by atoms with Crippen molar-refractivity contribution in [2.24, 2.45) is 5.16 Å². The smallest absolute Gasteiger partial charge is 0.277 e. The fraction of sp³-hybridized carbons (Fsp3) is 0.360. The molecule has 0 atom stereocenters. The number of oxime groups is 1. The standard InChI is InChI=1S/C25H30F3N3O5Si/c1-25(2,34)15-36-29-14-17-13-18(24(33)31-35-10-9-32)23(22(28)21(17)27)30-20-7-6-16(12-19(20)26)8-11-37(3,4)5/h6-7,12-14,30,32,34H,9-10,15H2,1-5H3,(H,31,33). The second-order valence-electron chi connectivity index (χ2n) is 9.66. The van der Waals surface area contributed by atoms with Crippen LogP contribution in [0.5, 0.6) is 0 Å². The quantitative estimate of drug-likeness (QED) is 0.120. The molecule has 0 saturated heterocycles. The predicted octanol–water partition coefficient (Wildman–Crippen LogP) is 3.85. The third kappa shape index (κ3) is 9.54. The summed E-state index contributed by atoms with van der Waals surface area (Å²) in [5.41, 5.74) is 2.51. The van der Waals surface area contributed by atoms with Gasteiger partial charge < -0.3 is 20.4 Å². The van der Waals surface area contributed by atoms with Crippen molar-refractivity contribution in [2.75, 3.05) is 25.1 Å². The van der Waals surface area contributed by atoms with Crippen molar-refractivity contribution in [1.82, 2.24) is 5.48 Å². The van der Waals surface area contributed by atoms with Crippen LogP contribution in [0.15, 0.2) is 29.4 Å². The summed E-state index contributed by atoms with van der Waals surface area (Å²) in [5.74, 6) is -1.76. The Morgan fingerprint density at radius 1 is 1.19 bits per heavy atom. The molecule has 4 N–H and O–H groups in total. The minimum Gasteiger partial charge on any atom is -0.394 e. The lowest BCUT2D eigenvalue weighted by molar-refractivity contribution is -0.0185. The van der Waals surface area contributed by atoms with Gasteiger partial charge in [0.1, 0.15) is 20.5 Å². The highest BCUT2D eigenvalue weighted by atomic mass is 28.3. The number of aliphatic hydroxyl groups excluding tert-OH is 1. The van der Waals surface area contributed by atoms with E-state index in [1.54, 1.807) is 0 Å². The molecule has 2 aromatic rings. The number of nitrogens with one attached hydrogen (secondary N) is 2. The van der Waals surface area contributed by atoms with Crippen LogP contribution in [-0.4, -0.2) is 55.8 Å². The number of amides is 1. The summed E-state index contributed by atoms with van der Waals surface area (Å²) in [5, 5.41) is 24.4. The third-order valence-corrected chi connectivity index (χ3v) is 5.21. The summed E-state index contributed by atoms with van der Waals surface area (Å²) in [6.45, 7) is 8.14. The summed E-state index contributed by atoms with van der Waals surface area (Å²) in [4.78, 5) is 22.3. The number of anilines is 2. The third-order valence-electron chi connectivity index (χ3n) is 4.33. The molecule has 1 amide bonds. The molecule has 37 heavy (non-hydrogen) atoms. The average molecular weight is 538 g/mol. The number of hydroxylamine groups is 1. The molecule has 0 radical (unpaired) electrons. The SMILES string of the molecule is CC(C)(O)CON=Cc1cc(C(=O)NOCCO)c(Nc2ccc(C#C[Si](C)(C)C)cc2F)c(F)c1F. The minimum absolute atomic E-state index is 0.225. The van der Waals surface area contributed by atoms with E-state index in [4.69, 9.17) is 14.8 Å². The topological polar surface area (TPSA) is 112 Å². The van der Waals surface area contributed by atoms with Crippen molar-refractivity contribution in [3.8, 4) is 11.5 Å². The second kappa shape index (κ2) is 12.7. The molecule has 0 aromatic heterocycles. The van der Waals surface area contributed by atoms with E-state index in [1.165, 1.54) is 26.0 Å². The summed E-state index contributed by atoms with van der Waals surface area (Å²) in [7, 11) is -1.70. The number of nitrogens with zero attached hydrogens (tertiary/aromatic N) is 1. The van der Waals surface area contributed by atoms with Crippen molar-refractivity contribution < 1.29 is 37.9 Å². The Bertz CT molecular complexity index is 1220. The van der Waals surface area contributed by atoms with Crippen molar-refractivity contribution in [3.05, 3.63) is 58.4 Å². The van der Waals surface area contributed by atoms with Crippen molar-refractivity contribution in [3.63, 3.8) is 0 Å². The Labute approximate surface area is 214 Å². The molecule has 12 heteroatoms. The molecular formula is C25H30F3N3O5Si. The van der Waals surface area contributed by atoms with Crippen LogP contribution in [0, 0.1) is 28.9 Å². The van der Waals surface area contributed by atoms with Crippen LogP contribution in [0.2, 0.25) is 19.6 Å². The van der Waals surface area contributed by atoms with Crippen LogP contribution in [-0.2, 0) is 9.68 Å². The Morgan fingerprint density at radius 3 is 2.49 bits per heavy atom. The van der Waals surface area contributed by atoms with Crippen LogP contribution in [0.3, 0.4) is 0 Å². The van der Waals surface area contributed by atoms with Crippen LogP contribution >= 0.6 is 0 Å². The molecule has 200 valence electrons. The summed E-state index contributed by atoms with van der Waals surface area (Å²) in [6.07, 6.45) is 0.825. The number of hydrogen-bond donors (Lipinski definition) is 4. The van der Waals surface area contributed by atoms with E-state index in [-0.39, 0.29) is 18.9 Å². The van der Waals surface area contributed by atoms with Crippen LogP contribution in [0.25, 0.3) is 0 Å². The largest absolute Gasteiger partial charge is 0.394 e. The Morgan fingerprint density at radius 2 is 1.89 bits per heavy atom. The van der Waals surface area contributed by atoms with Gasteiger partial charge in [0, 0.05) is 11.1 Å². The molecule has 0 unspecified atom stereocenters. The fourth-order valence-electron chi connectivity index (χ4n) is 2.64. The number of carbonyl (C=O) groups excluding carboxylic acids is 1. The van der Waals surface area contributed by atoms with E-state index in [2.05, 4.69) is 21.9 Å². The summed E-state index contributed by atoms with van der Waals surface area (Å²) >= 11 is 0. The molecule has 0 aliphatic carbocycles. The lowest BCUT2D eigenvalue weighted by Crippen LogP contribution is -2.26. The molecule has 2 rings (SSSR count). The van der Waals surface area contributed by atoms with Crippen molar-refractivity contribution in [2.45, 2.75) is 39.1 Å². The first-order valence-electron chi connectivity index (χ1n) is 11.2. The molecule has 0 bridgehead atoms. The van der Waals surface area contributed by atoms with E-state index < -0.39 is 60.5 Å². The average Bonchev–Trinajstić information content (AvgIpc) is 2.79. The highest BCUT2D eigenvalue weighted by molar-refractivity contribution is 6.83. The number of benzene rings is 2. The van der Waals surface area contributed by atoms with Gasteiger partial charge in [-0.15, -0.1) is 5.54 Å². The molecule has 8 nitrogen and oxygen atoms in total. The van der Waals surface area contributed by atoms with E-state index in [1.807, 2.05) is 25.1 Å². The zero-order chi connectivity index (χ0) is 27.8. The zero-order valence-corrected chi connectivity index (χ0v) is 22.2. The van der Waals surface area contributed by atoms with Gasteiger partial charge in [-0.2, -0.15) is 0 Å². The van der Waals surface area contributed by atoms with Gasteiger partial charge in [0.15, 0.2) is 11.6 Å². The summed E-state index contributed by atoms with van der Waals surface area (Å²) < 4.78 is 44.8. The van der Waals surface area contributed by atoms with Gasteiger partial charge in [-0.1, -0.05) is 30.7 Å². The molecule has 0 aliphatic rings. The van der Waals surface area contributed by atoms with Gasteiger partial charge in [0.05, 0.1) is 42.0 Å². The number of halogens is 3. The molecule has 0 spiro atoms. The number of aliphatic hydroxyl groups is 2. The molecule has 0 fully saturated rings. The first kappa shape index (κ1) is 29.9. The number of carbonyl (C=O) groups is 1. The maximum Gasteiger partial charge on any atom is 0.277 e. The van der Waals surface area contributed by atoms with Gasteiger partial charge in [0.2, 0.25) is 0 Å². The van der Waals surface area contributed by atoms with Gasteiger partial charge >= 0.3 is 0 Å². The summed E-state index contributed by atoms with van der Waals surface area (Å²) in [6, 6.07) is 4.92. The normalized spacial score (nSPS) is 11.7. The van der Waals surface area contributed by atoms with Crippen molar-refractivity contribution >= 4 is 31.6 Å². The fourth-order valence-corrected chi connectivity index (χ4v) is 3.16. The predicted molar refractivity (Wildman–Crippen MR) is 137 cm³/mol. The van der Waals surface area contributed by atoms with E-state index in [0.717, 1.165) is 18.3 Å². The maximum absolute atomic E-state index is 15.1. The van der Waals surface area contributed by atoms with Gasteiger partial charge in [0.25, 0.3) is 5.91 Å². The van der Waals surface area contributed by atoms with E-state index in [0.29, 0.717) is 5.56 Å². The van der Waals surface area contributed by atoms with E-state index >= 15 is 4.39 Å². The first-order valence-corrected chi connectivity index (χ1v) is 14.7. The number of hydrogen-bond acceptors (Lipinski definition) is 7. The highest BCUT2D eigenvalue weighted by Crippen LogP contribution is 2.30. The lowest BCUT2D eigenvalue weighted by Gasteiger charge is -2.16. The number of rotatable bonds is 10. The molecule has 0 heterocycles. The molecule has 0 saturated carbocycles. The van der Waals surface area contributed by atoms with Crippen molar-refractivity contribution in [1.29, 1.82) is 0 Å². The van der Waals surface area contributed by atoms with Gasteiger partial charge in [-0.05, 0) is 38.1 Å². The Balaban J connectivity index is 2.46. The maximum atomic E-state index is 15.1. The van der Waals surface area contributed by atoms with Gasteiger partial charge in [-0.25, -0.2) is 18.7 Å². The highest BCUT2D eigenvalue weighted by Gasteiger charge is 2.24. The molecular weight excluding hydrogens is 507 g/mol. The molecule has 0 aliphatic heterocycles. The molecule has 2 aromatic carbocycles. The monoisotopic (exact) mass is 537 g/mol. The van der Waals surface area contributed by atoms with Gasteiger partial charge in [-0.3, -0.25) is 9.63 Å². The van der Waals surface area contributed by atoms with Crippen LogP contribution in [0.1, 0.15) is 35.3 Å². The Hall–Kier alpha value is -3.37. The second-order valence-corrected chi connectivity index (χ2v) is 14.4. The Kier molecular flexibility index (Phi) is 10.3. The first-order chi connectivity index (χ1) is 17.2. The van der Waals surface area contributed by atoms with Crippen LogP contribution in [0.4, 0.5) is 24.5 Å². The van der Waals surface area contributed by atoms with Crippen LogP contribution < -0.4 is 10.8 Å². The lowest BCUT2D eigenvalue weighted by atomic mass is 10.1.